The van der Waals surface area contributed by atoms with Crippen molar-refractivity contribution in [2.75, 3.05) is 0 Å². The monoisotopic (exact) mass is 295 g/mol. The number of rotatable bonds is 0. The molecule has 1 aromatic carbocycles. The van der Waals surface area contributed by atoms with Crippen molar-refractivity contribution in [1.82, 2.24) is 14.5 Å². The van der Waals surface area contributed by atoms with Gasteiger partial charge in [0.2, 0.25) is 0 Å². The molecular formula is C11H7BrClN3. The molecule has 0 spiro atoms. The Bertz CT molecular complexity index is 705. The molecule has 0 aliphatic carbocycles. The highest BCUT2D eigenvalue weighted by atomic mass is 79.9. The first-order valence-corrected chi connectivity index (χ1v) is 5.88. The lowest BCUT2D eigenvalue weighted by atomic mass is 10.1. The molecule has 0 radical (unpaired) electrons. The predicted octanol–water partition coefficient (Wildman–Crippen LogP) is 3.54. The Hall–Kier alpha value is -1.13. The van der Waals surface area contributed by atoms with E-state index in [0.717, 1.165) is 26.3 Å². The van der Waals surface area contributed by atoms with E-state index < -0.39 is 0 Å². The maximum atomic E-state index is 5.93. The van der Waals surface area contributed by atoms with E-state index in [1.165, 1.54) is 0 Å². The van der Waals surface area contributed by atoms with E-state index in [4.69, 9.17) is 11.6 Å². The van der Waals surface area contributed by atoms with Crippen molar-refractivity contribution in [2.24, 2.45) is 7.05 Å². The number of pyridine rings is 1. The number of nitrogens with zero attached hydrogens (tertiary/aromatic N) is 3. The standard InChI is InChI=1S/C11H7BrClN3/c1-16-5-15-10-8(12)2-6-4-14-9(13)3-7(6)11(10)16/h2-5H,1H3. The summed E-state index contributed by atoms with van der Waals surface area (Å²) in [5.41, 5.74) is 2.01. The summed E-state index contributed by atoms with van der Waals surface area (Å²) in [5.74, 6) is 0. The van der Waals surface area contributed by atoms with Crippen LogP contribution in [0.1, 0.15) is 0 Å². The van der Waals surface area contributed by atoms with Crippen molar-refractivity contribution in [1.29, 1.82) is 0 Å². The van der Waals surface area contributed by atoms with Crippen molar-refractivity contribution in [3.63, 3.8) is 0 Å². The third-order valence-electron chi connectivity index (χ3n) is 2.60. The maximum absolute atomic E-state index is 5.93. The van der Waals surface area contributed by atoms with Gasteiger partial charge in [-0.3, -0.25) is 0 Å². The minimum atomic E-state index is 0.498. The highest BCUT2D eigenvalue weighted by molar-refractivity contribution is 9.10. The van der Waals surface area contributed by atoms with Gasteiger partial charge in [-0.1, -0.05) is 11.6 Å². The first kappa shape index (κ1) is 10.1. The van der Waals surface area contributed by atoms with Crippen LogP contribution in [0.2, 0.25) is 5.15 Å². The number of benzene rings is 1. The van der Waals surface area contributed by atoms with Crippen LogP contribution in [0.4, 0.5) is 0 Å². The average Bonchev–Trinajstić information content (AvgIpc) is 2.63. The summed E-state index contributed by atoms with van der Waals surface area (Å²) >= 11 is 9.44. The molecule has 3 nitrogen and oxygen atoms in total. The SMILES string of the molecule is Cn1cnc2c(Br)cc3cnc(Cl)cc3c21. The summed E-state index contributed by atoms with van der Waals surface area (Å²) in [6.07, 6.45) is 3.57. The van der Waals surface area contributed by atoms with Crippen LogP contribution in [0.5, 0.6) is 0 Å². The first-order chi connectivity index (χ1) is 7.66. The van der Waals surface area contributed by atoms with E-state index in [0.29, 0.717) is 5.15 Å². The molecule has 16 heavy (non-hydrogen) atoms. The molecular weight excluding hydrogens is 289 g/mol. The minimum Gasteiger partial charge on any atom is -0.333 e. The Kier molecular flexibility index (Phi) is 2.16. The molecule has 0 fully saturated rings. The predicted molar refractivity (Wildman–Crippen MR) is 68.7 cm³/mol. The smallest absolute Gasteiger partial charge is 0.129 e. The van der Waals surface area contributed by atoms with Gasteiger partial charge in [-0.15, -0.1) is 0 Å². The third kappa shape index (κ3) is 1.33. The average molecular weight is 297 g/mol. The van der Waals surface area contributed by atoms with Crippen LogP contribution >= 0.6 is 27.5 Å². The van der Waals surface area contributed by atoms with Crippen LogP contribution in [0.3, 0.4) is 0 Å². The summed E-state index contributed by atoms with van der Waals surface area (Å²) in [7, 11) is 1.97. The zero-order valence-corrected chi connectivity index (χ0v) is 10.7. The second-order valence-electron chi connectivity index (χ2n) is 3.64. The number of hydrogen-bond acceptors (Lipinski definition) is 2. The van der Waals surface area contributed by atoms with E-state index in [9.17, 15) is 0 Å². The fourth-order valence-electron chi connectivity index (χ4n) is 1.89. The zero-order valence-electron chi connectivity index (χ0n) is 8.41. The van der Waals surface area contributed by atoms with E-state index in [1.54, 1.807) is 12.5 Å². The molecule has 0 atom stereocenters. The maximum Gasteiger partial charge on any atom is 0.129 e. The van der Waals surface area contributed by atoms with Gasteiger partial charge in [0.05, 0.1) is 11.8 Å². The molecule has 3 aromatic rings. The summed E-state index contributed by atoms with van der Waals surface area (Å²) in [5, 5.41) is 2.61. The molecule has 3 rings (SSSR count). The van der Waals surface area contributed by atoms with Gasteiger partial charge in [0.25, 0.3) is 0 Å². The quantitative estimate of drug-likeness (QED) is 0.594. The van der Waals surface area contributed by atoms with Gasteiger partial charge in [0.15, 0.2) is 0 Å². The molecule has 2 heterocycles. The normalized spacial score (nSPS) is 11.4. The Morgan fingerprint density at radius 3 is 2.94 bits per heavy atom. The summed E-state index contributed by atoms with van der Waals surface area (Å²) in [6.45, 7) is 0. The summed E-state index contributed by atoms with van der Waals surface area (Å²) in [6, 6.07) is 3.88. The zero-order chi connectivity index (χ0) is 11.3. The molecule has 0 aliphatic heterocycles. The number of aromatic nitrogens is 3. The number of aryl methyl sites for hydroxylation is 1. The molecule has 0 bridgehead atoms. The number of imidazole rings is 1. The topological polar surface area (TPSA) is 30.7 Å². The lowest BCUT2D eigenvalue weighted by Crippen LogP contribution is -1.87. The fraction of sp³-hybridized carbons (Fsp3) is 0.0909. The van der Waals surface area contributed by atoms with Crippen molar-refractivity contribution in [2.45, 2.75) is 0 Å². The number of halogens is 2. The van der Waals surface area contributed by atoms with E-state index >= 15 is 0 Å². The highest BCUT2D eigenvalue weighted by Gasteiger charge is 2.10. The minimum absolute atomic E-state index is 0.498. The Labute approximate surface area is 105 Å². The van der Waals surface area contributed by atoms with Gasteiger partial charge < -0.3 is 4.57 Å². The molecule has 0 unspecified atom stereocenters. The van der Waals surface area contributed by atoms with E-state index in [1.807, 2.05) is 23.7 Å². The van der Waals surface area contributed by atoms with Gasteiger partial charge in [-0.05, 0) is 28.1 Å². The molecule has 2 aromatic heterocycles. The third-order valence-corrected chi connectivity index (χ3v) is 3.41. The first-order valence-electron chi connectivity index (χ1n) is 4.71. The second kappa shape index (κ2) is 3.43. The molecule has 0 N–H and O–H groups in total. The van der Waals surface area contributed by atoms with Gasteiger partial charge in [0, 0.05) is 28.5 Å². The molecule has 0 aliphatic rings. The Balaban J connectivity index is 2.64. The fourth-order valence-corrected chi connectivity index (χ4v) is 2.58. The molecule has 80 valence electrons. The molecule has 0 saturated carbocycles. The second-order valence-corrected chi connectivity index (χ2v) is 4.88. The van der Waals surface area contributed by atoms with Crippen LogP contribution in [-0.2, 0) is 7.05 Å². The molecule has 0 saturated heterocycles. The molecule has 0 amide bonds. The van der Waals surface area contributed by atoms with Gasteiger partial charge in [-0.2, -0.15) is 0 Å². The summed E-state index contributed by atoms with van der Waals surface area (Å²) < 4.78 is 2.96. The van der Waals surface area contributed by atoms with Gasteiger partial charge in [-0.25, -0.2) is 9.97 Å². The van der Waals surface area contributed by atoms with Crippen LogP contribution in [0.15, 0.2) is 29.1 Å². The van der Waals surface area contributed by atoms with Crippen molar-refractivity contribution >= 4 is 49.3 Å². The van der Waals surface area contributed by atoms with Crippen LogP contribution in [0.25, 0.3) is 21.8 Å². The largest absolute Gasteiger partial charge is 0.333 e. The van der Waals surface area contributed by atoms with Crippen molar-refractivity contribution < 1.29 is 0 Å². The van der Waals surface area contributed by atoms with E-state index in [-0.39, 0.29) is 0 Å². The van der Waals surface area contributed by atoms with Crippen LogP contribution in [0, 0.1) is 0 Å². The lowest BCUT2D eigenvalue weighted by molar-refractivity contribution is 0.951. The lowest BCUT2D eigenvalue weighted by Gasteiger charge is -2.03. The highest BCUT2D eigenvalue weighted by Crippen LogP contribution is 2.31. The van der Waals surface area contributed by atoms with Gasteiger partial charge >= 0.3 is 0 Å². The Morgan fingerprint density at radius 2 is 2.12 bits per heavy atom. The van der Waals surface area contributed by atoms with Crippen molar-refractivity contribution in [3.8, 4) is 0 Å². The Morgan fingerprint density at radius 1 is 1.31 bits per heavy atom. The van der Waals surface area contributed by atoms with Crippen LogP contribution < -0.4 is 0 Å². The van der Waals surface area contributed by atoms with Crippen molar-refractivity contribution in [3.05, 3.63) is 34.3 Å². The van der Waals surface area contributed by atoms with Crippen LogP contribution in [-0.4, -0.2) is 14.5 Å². The number of fused-ring (bicyclic) bond motifs is 3. The molecule has 5 heteroatoms. The number of hydrogen-bond donors (Lipinski definition) is 0. The van der Waals surface area contributed by atoms with E-state index in [2.05, 4.69) is 25.9 Å². The summed E-state index contributed by atoms with van der Waals surface area (Å²) in [4.78, 5) is 8.43. The van der Waals surface area contributed by atoms with Gasteiger partial charge in [0.1, 0.15) is 10.7 Å².